The fraction of sp³-hybridized carbons (Fsp3) is 0.500. The zero-order valence-corrected chi connectivity index (χ0v) is 15.5. The van der Waals surface area contributed by atoms with E-state index in [4.69, 9.17) is 0 Å². The van der Waals surface area contributed by atoms with E-state index >= 15 is 0 Å². The van der Waals surface area contributed by atoms with E-state index in [-0.39, 0.29) is 39.9 Å². The molecule has 26 heavy (non-hydrogen) atoms. The number of halogens is 3. The largest absolute Gasteiger partial charge is 0.416 e. The molecular weight excluding hydrogens is 389 g/mol. The second-order valence-electron chi connectivity index (χ2n) is 6.26. The van der Waals surface area contributed by atoms with Crippen LogP contribution in [0.25, 0.3) is 0 Å². The number of hydrogen-bond donors (Lipinski definition) is 0. The molecule has 0 unspecified atom stereocenters. The molecule has 2 saturated heterocycles. The lowest BCUT2D eigenvalue weighted by Gasteiger charge is -2.25. The average Bonchev–Trinajstić information content (AvgIpc) is 2.97. The van der Waals surface area contributed by atoms with Crippen LogP contribution in [0.15, 0.2) is 29.3 Å². The van der Waals surface area contributed by atoms with Crippen LogP contribution in [0, 0.1) is 0 Å². The summed E-state index contributed by atoms with van der Waals surface area (Å²) in [5.41, 5.74) is -0.636. The fourth-order valence-corrected chi connectivity index (χ4v) is 7.01. The third kappa shape index (κ3) is 3.90. The van der Waals surface area contributed by atoms with Gasteiger partial charge in [-0.1, -0.05) is 24.8 Å². The van der Waals surface area contributed by atoms with Gasteiger partial charge in [0.1, 0.15) is 0 Å². The molecule has 10 heteroatoms. The van der Waals surface area contributed by atoms with Crippen LogP contribution in [0.4, 0.5) is 18.9 Å². The van der Waals surface area contributed by atoms with Crippen molar-refractivity contribution in [2.75, 3.05) is 16.4 Å². The van der Waals surface area contributed by atoms with Gasteiger partial charge in [-0.3, -0.25) is 4.79 Å². The molecule has 0 spiro atoms. The second-order valence-corrected chi connectivity index (χ2v) is 9.62. The quantitative estimate of drug-likeness (QED) is 0.772. The number of benzene rings is 1. The van der Waals surface area contributed by atoms with Gasteiger partial charge in [-0.05, 0) is 24.6 Å². The van der Waals surface area contributed by atoms with Gasteiger partial charge in [-0.2, -0.15) is 18.2 Å². The number of rotatable bonds is 3. The Bertz CT molecular complexity index is 853. The van der Waals surface area contributed by atoms with Crippen LogP contribution < -0.4 is 4.90 Å². The second kappa shape index (κ2) is 6.88. The van der Waals surface area contributed by atoms with E-state index in [1.165, 1.54) is 17.0 Å². The van der Waals surface area contributed by atoms with E-state index in [0.717, 1.165) is 23.9 Å². The normalized spacial score (nSPS) is 26.3. The summed E-state index contributed by atoms with van der Waals surface area (Å²) in [6.45, 7) is 1.83. The van der Waals surface area contributed by atoms with Crippen LogP contribution >= 0.6 is 11.8 Å². The van der Waals surface area contributed by atoms with Gasteiger partial charge in [0.25, 0.3) is 0 Å². The van der Waals surface area contributed by atoms with Gasteiger partial charge >= 0.3 is 6.18 Å². The van der Waals surface area contributed by atoms with Gasteiger partial charge in [-0.25, -0.2) is 8.42 Å². The Kier molecular flexibility index (Phi) is 5.08. The van der Waals surface area contributed by atoms with Gasteiger partial charge in [0.05, 0.1) is 23.1 Å². The van der Waals surface area contributed by atoms with Crippen molar-refractivity contribution in [2.45, 2.75) is 37.2 Å². The third-order valence-corrected chi connectivity index (χ3v) is 7.41. The molecule has 0 N–H and O–H groups in total. The molecule has 142 valence electrons. The summed E-state index contributed by atoms with van der Waals surface area (Å²) in [6.07, 6.45) is -3.68. The van der Waals surface area contributed by atoms with Crippen LogP contribution in [-0.2, 0) is 20.8 Å². The Morgan fingerprint density at radius 3 is 2.73 bits per heavy atom. The lowest BCUT2D eigenvalue weighted by Crippen LogP contribution is -2.37. The minimum Gasteiger partial charge on any atom is -0.316 e. The third-order valence-electron chi connectivity index (χ3n) is 4.20. The number of amidine groups is 1. The molecule has 0 aliphatic carbocycles. The van der Waals surface area contributed by atoms with E-state index in [1.54, 1.807) is 0 Å². The summed E-state index contributed by atoms with van der Waals surface area (Å²) >= 11 is 1.15. The predicted octanol–water partition coefficient (Wildman–Crippen LogP) is 3.11. The van der Waals surface area contributed by atoms with Gasteiger partial charge < -0.3 is 4.90 Å². The molecule has 0 saturated carbocycles. The lowest BCUT2D eigenvalue weighted by molar-refractivity contribution is -0.137. The lowest BCUT2D eigenvalue weighted by atomic mass is 10.1. The SMILES string of the molecule is CCCC(=O)N=C1S[C@H]2CS(=O)(=O)C[C@H]2N1c1cccc(C(F)(F)F)c1. The molecule has 0 aromatic heterocycles. The standard InChI is InChI=1S/C16H17F3N2O3S2/c1-2-4-14(22)20-15-21(12-8-26(23,24)9-13(12)25-15)11-6-3-5-10(7-11)16(17,18)19/h3,5-7,12-13H,2,4,8-9H2,1H3/t12-,13+/m1/s1. The minimum atomic E-state index is -4.51. The first-order valence-corrected chi connectivity index (χ1v) is 10.8. The number of carbonyl (C=O) groups excluding carboxylic acids is 1. The highest BCUT2D eigenvalue weighted by atomic mass is 32.2. The molecule has 0 bridgehead atoms. The molecule has 2 heterocycles. The number of amides is 1. The highest BCUT2D eigenvalue weighted by Gasteiger charge is 2.49. The highest BCUT2D eigenvalue weighted by Crippen LogP contribution is 2.42. The van der Waals surface area contributed by atoms with E-state index in [2.05, 4.69) is 4.99 Å². The van der Waals surface area contributed by atoms with Crippen molar-refractivity contribution < 1.29 is 26.4 Å². The molecule has 5 nitrogen and oxygen atoms in total. The summed E-state index contributed by atoms with van der Waals surface area (Å²) in [4.78, 5) is 17.4. The van der Waals surface area contributed by atoms with Crippen molar-refractivity contribution in [1.82, 2.24) is 0 Å². The molecule has 2 fully saturated rings. The van der Waals surface area contributed by atoms with E-state index < -0.39 is 27.6 Å². The molecule has 2 aliphatic heterocycles. The molecule has 0 radical (unpaired) electrons. The van der Waals surface area contributed by atoms with Crippen molar-refractivity contribution in [3.63, 3.8) is 0 Å². The van der Waals surface area contributed by atoms with Crippen molar-refractivity contribution in [2.24, 2.45) is 4.99 Å². The van der Waals surface area contributed by atoms with Crippen molar-refractivity contribution in [3.8, 4) is 0 Å². The van der Waals surface area contributed by atoms with Crippen LogP contribution in [0.5, 0.6) is 0 Å². The summed E-state index contributed by atoms with van der Waals surface area (Å²) in [5, 5.41) is -0.0737. The monoisotopic (exact) mass is 406 g/mol. The maximum absolute atomic E-state index is 13.0. The molecule has 1 aromatic carbocycles. The minimum absolute atomic E-state index is 0.0707. The maximum Gasteiger partial charge on any atom is 0.416 e. The molecule has 2 aliphatic rings. The summed E-state index contributed by atoms with van der Waals surface area (Å²) in [5.74, 6) is -0.601. The van der Waals surface area contributed by atoms with E-state index in [9.17, 15) is 26.4 Å². The smallest absolute Gasteiger partial charge is 0.316 e. The van der Waals surface area contributed by atoms with Gasteiger partial charge in [0.15, 0.2) is 15.0 Å². The molecular formula is C16H17F3N2O3S2. The van der Waals surface area contributed by atoms with Crippen molar-refractivity contribution >= 4 is 38.4 Å². The number of fused-ring (bicyclic) bond motifs is 1. The Morgan fingerprint density at radius 2 is 2.08 bits per heavy atom. The number of aliphatic imine (C=N–C) groups is 1. The van der Waals surface area contributed by atoms with Crippen LogP contribution in [-0.4, -0.2) is 42.3 Å². The van der Waals surface area contributed by atoms with Gasteiger partial charge in [0.2, 0.25) is 5.91 Å². The zero-order chi connectivity index (χ0) is 19.1. The average molecular weight is 406 g/mol. The van der Waals surface area contributed by atoms with Crippen LogP contribution in [0.3, 0.4) is 0 Å². The number of nitrogens with zero attached hydrogens (tertiary/aromatic N) is 2. The van der Waals surface area contributed by atoms with Crippen LogP contribution in [0.2, 0.25) is 0 Å². The number of hydrogen-bond acceptors (Lipinski definition) is 4. The summed E-state index contributed by atoms with van der Waals surface area (Å²) in [6, 6.07) is 4.14. The number of carbonyl (C=O) groups is 1. The first-order valence-electron chi connectivity index (χ1n) is 8.06. The highest BCUT2D eigenvalue weighted by molar-refractivity contribution is 8.16. The predicted molar refractivity (Wildman–Crippen MR) is 95.1 cm³/mol. The Hall–Kier alpha value is -1.55. The topological polar surface area (TPSA) is 66.8 Å². The molecule has 3 rings (SSSR count). The number of thioether (sulfide) groups is 1. The fourth-order valence-electron chi connectivity index (χ4n) is 3.07. The van der Waals surface area contributed by atoms with E-state index in [0.29, 0.717) is 6.42 Å². The van der Waals surface area contributed by atoms with Gasteiger partial charge in [-0.15, -0.1) is 0 Å². The molecule has 1 amide bonds. The van der Waals surface area contributed by atoms with Gasteiger partial charge in [0, 0.05) is 17.4 Å². The summed E-state index contributed by atoms with van der Waals surface area (Å²) in [7, 11) is -3.27. The van der Waals surface area contributed by atoms with Crippen LogP contribution in [0.1, 0.15) is 25.3 Å². The first-order chi connectivity index (χ1) is 12.1. The first kappa shape index (κ1) is 19.2. The van der Waals surface area contributed by atoms with Crippen molar-refractivity contribution in [3.05, 3.63) is 29.8 Å². The Balaban J connectivity index is 2.02. The molecule has 1 aromatic rings. The Labute approximate surface area is 153 Å². The zero-order valence-electron chi connectivity index (χ0n) is 13.9. The number of sulfone groups is 1. The summed E-state index contributed by atoms with van der Waals surface area (Å²) < 4.78 is 63.1. The van der Waals surface area contributed by atoms with E-state index in [1.807, 2.05) is 6.92 Å². The Morgan fingerprint density at radius 1 is 1.35 bits per heavy atom. The maximum atomic E-state index is 13.0. The molecule has 2 atom stereocenters. The number of anilines is 1. The number of alkyl halides is 3. The van der Waals surface area contributed by atoms with Crippen molar-refractivity contribution in [1.29, 1.82) is 0 Å².